The number of aromatic nitrogens is 1. The van der Waals surface area contributed by atoms with Crippen LogP contribution in [0.3, 0.4) is 0 Å². The lowest BCUT2D eigenvalue weighted by Crippen LogP contribution is -2.24. The van der Waals surface area contributed by atoms with Crippen LogP contribution in [0.15, 0.2) is 48.8 Å². The number of halogens is 1. The molecule has 0 aliphatic carbocycles. The fourth-order valence-corrected chi connectivity index (χ4v) is 1.90. The Morgan fingerprint density at radius 2 is 1.94 bits per heavy atom. The number of nitrogens with zero attached hydrogens (tertiary/aromatic N) is 1. The van der Waals surface area contributed by atoms with E-state index in [9.17, 15) is 5.21 Å². The quantitative estimate of drug-likeness (QED) is 0.493. The minimum Gasteiger partial charge on any atom is -0.619 e. The van der Waals surface area contributed by atoms with E-state index in [4.69, 9.17) is 4.74 Å². The van der Waals surface area contributed by atoms with Crippen LogP contribution in [0.2, 0.25) is 0 Å². The third-order valence-corrected chi connectivity index (χ3v) is 2.90. The van der Waals surface area contributed by atoms with Gasteiger partial charge in [-0.1, -0.05) is 30.3 Å². The first kappa shape index (κ1) is 11.2. The minimum absolute atomic E-state index is 0.514. The summed E-state index contributed by atoms with van der Waals surface area (Å²) in [7, 11) is 0. The van der Waals surface area contributed by atoms with Gasteiger partial charge in [-0.25, -0.2) is 0 Å². The van der Waals surface area contributed by atoms with Gasteiger partial charge in [0.1, 0.15) is 15.9 Å². The summed E-state index contributed by atoms with van der Waals surface area (Å²) in [5.41, 5.74) is 1.11. The van der Waals surface area contributed by atoms with Crippen LogP contribution >= 0.6 is 22.6 Å². The number of ether oxygens (including phenoxy) is 1. The first-order chi connectivity index (χ1) is 7.75. The Labute approximate surface area is 107 Å². The lowest BCUT2D eigenvalue weighted by atomic mass is 10.2. The molecule has 2 aromatic rings. The second-order valence-electron chi connectivity index (χ2n) is 3.29. The highest BCUT2D eigenvalue weighted by molar-refractivity contribution is 14.1. The molecule has 0 spiro atoms. The Balaban J connectivity index is 2.05. The molecule has 2 rings (SSSR count). The van der Waals surface area contributed by atoms with Crippen molar-refractivity contribution in [3.63, 3.8) is 0 Å². The molecule has 82 valence electrons. The third-order valence-electron chi connectivity index (χ3n) is 2.09. The van der Waals surface area contributed by atoms with E-state index in [0.29, 0.717) is 6.61 Å². The van der Waals surface area contributed by atoms with Crippen molar-refractivity contribution < 1.29 is 9.47 Å². The zero-order valence-electron chi connectivity index (χ0n) is 8.47. The minimum atomic E-state index is 0.514. The molecule has 1 aromatic heterocycles. The van der Waals surface area contributed by atoms with E-state index in [-0.39, 0.29) is 0 Å². The molecule has 0 saturated heterocycles. The maximum absolute atomic E-state index is 11.0. The molecule has 0 amide bonds. The van der Waals surface area contributed by atoms with Crippen molar-refractivity contribution in [2.75, 3.05) is 0 Å². The zero-order valence-corrected chi connectivity index (χ0v) is 10.6. The smallest absolute Gasteiger partial charge is 0.197 e. The topological polar surface area (TPSA) is 36.2 Å². The first-order valence-electron chi connectivity index (χ1n) is 4.81. The molecular formula is C12H10INO2. The summed E-state index contributed by atoms with van der Waals surface area (Å²) in [5.74, 6) is 0.733. The van der Waals surface area contributed by atoms with Crippen LogP contribution in [-0.4, -0.2) is 0 Å². The summed E-state index contributed by atoms with van der Waals surface area (Å²) in [4.78, 5) is 0. The highest BCUT2D eigenvalue weighted by atomic mass is 127. The molecule has 0 bridgehead atoms. The molecule has 0 N–H and O–H groups in total. The van der Waals surface area contributed by atoms with Crippen molar-refractivity contribution in [2.24, 2.45) is 0 Å². The van der Waals surface area contributed by atoms with Gasteiger partial charge in [0.15, 0.2) is 12.4 Å². The monoisotopic (exact) mass is 327 g/mol. The molecule has 3 nitrogen and oxygen atoms in total. The summed E-state index contributed by atoms with van der Waals surface area (Å²) in [5, 5.41) is 11.0. The lowest BCUT2D eigenvalue weighted by molar-refractivity contribution is -0.606. The van der Waals surface area contributed by atoms with Crippen LogP contribution in [0.5, 0.6) is 5.75 Å². The molecule has 0 aliphatic rings. The maximum atomic E-state index is 11.0. The first-order valence-corrected chi connectivity index (χ1v) is 5.88. The molecule has 0 atom stereocenters. The van der Waals surface area contributed by atoms with Gasteiger partial charge in [-0.15, -0.1) is 0 Å². The molecule has 0 aliphatic heterocycles. The highest BCUT2D eigenvalue weighted by Crippen LogP contribution is 2.19. The second kappa shape index (κ2) is 5.16. The Hall–Kier alpha value is -1.30. The number of hydrogen-bond acceptors (Lipinski definition) is 2. The Morgan fingerprint density at radius 3 is 2.62 bits per heavy atom. The van der Waals surface area contributed by atoms with Crippen molar-refractivity contribution in [3.05, 3.63) is 63.1 Å². The molecule has 0 unspecified atom stereocenters. The number of benzene rings is 1. The van der Waals surface area contributed by atoms with Crippen LogP contribution in [0.4, 0.5) is 0 Å². The molecular weight excluding hydrogens is 317 g/mol. The predicted molar refractivity (Wildman–Crippen MR) is 68.9 cm³/mol. The molecule has 0 radical (unpaired) electrons. The van der Waals surface area contributed by atoms with Gasteiger partial charge >= 0.3 is 0 Å². The largest absolute Gasteiger partial charge is 0.619 e. The van der Waals surface area contributed by atoms with Gasteiger partial charge in [0.2, 0.25) is 0 Å². The Morgan fingerprint density at radius 1 is 1.19 bits per heavy atom. The standard InChI is InChI=1S/C12H10INO2/c13-11-8-14(15)7-6-12(11)16-9-10-4-2-1-3-5-10/h1-8H,9H2. The summed E-state index contributed by atoms with van der Waals surface area (Å²) in [6.07, 6.45) is 2.92. The molecule has 4 heteroatoms. The van der Waals surface area contributed by atoms with E-state index in [2.05, 4.69) is 22.6 Å². The molecule has 0 fully saturated rings. The SMILES string of the molecule is [O-][n+]1ccc(OCc2ccccc2)c(I)c1. The van der Waals surface area contributed by atoms with Crippen molar-refractivity contribution in [1.82, 2.24) is 0 Å². The normalized spacial score (nSPS) is 10.1. The van der Waals surface area contributed by atoms with E-state index >= 15 is 0 Å². The average Bonchev–Trinajstić information content (AvgIpc) is 2.29. The average molecular weight is 327 g/mol. The molecule has 16 heavy (non-hydrogen) atoms. The van der Waals surface area contributed by atoms with Gasteiger partial charge in [0, 0.05) is 6.07 Å². The van der Waals surface area contributed by atoms with E-state index in [1.54, 1.807) is 6.07 Å². The van der Waals surface area contributed by atoms with E-state index in [1.807, 2.05) is 30.3 Å². The van der Waals surface area contributed by atoms with Crippen LogP contribution in [0.1, 0.15) is 5.56 Å². The predicted octanol–water partition coefficient (Wildman–Crippen LogP) is 2.50. The van der Waals surface area contributed by atoms with Gasteiger partial charge in [-0.05, 0) is 28.2 Å². The number of pyridine rings is 1. The van der Waals surface area contributed by atoms with Crippen molar-refractivity contribution in [2.45, 2.75) is 6.61 Å². The van der Waals surface area contributed by atoms with E-state index in [0.717, 1.165) is 19.6 Å². The molecule has 1 aromatic carbocycles. The lowest BCUT2D eigenvalue weighted by Gasteiger charge is -2.07. The molecule has 1 heterocycles. The second-order valence-corrected chi connectivity index (χ2v) is 4.45. The maximum Gasteiger partial charge on any atom is 0.197 e. The summed E-state index contributed by atoms with van der Waals surface area (Å²) < 4.78 is 7.19. The van der Waals surface area contributed by atoms with Crippen LogP contribution in [0, 0.1) is 8.78 Å². The highest BCUT2D eigenvalue weighted by Gasteiger charge is 2.04. The third kappa shape index (κ3) is 2.85. The van der Waals surface area contributed by atoms with Crippen LogP contribution in [0.25, 0.3) is 0 Å². The van der Waals surface area contributed by atoms with Crippen molar-refractivity contribution >= 4 is 22.6 Å². The van der Waals surface area contributed by atoms with Crippen LogP contribution in [-0.2, 0) is 6.61 Å². The van der Waals surface area contributed by atoms with Gasteiger partial charge in [-0.2, -0.15) is 4.73 Å². The molecule has 0 saturated carbocycles. The van der Waals surface area contributed by atoms with E-state index < -0.39 is 0 Å². The van der Waals surface area contributed by atoms with Crippen molar-refractivity contribution in [3.8, 4) is 5.75 Å². The summed E-state index contributed by atoms with van der Waals surface area (Å²) in [6.45, 7) is 0.514. The summed E-state index contributed by atoms with van der Waals surface area (Å²) in [6, 6.07) is 11.6. The Kier molecular flexibility index (Phi) is 3.61. The van der Waals surface area contributed by atoms with Gasteiger partial charge in [0.25, 0.3) is 0 Å². The zero-order chi connectivity index (χ0) is 11.4. The van der Waals surface area contributed by atoms with Gasteiger partial charge in [0.05, 0.1) is 0 Å². The van der Waals surface area contributed by atoms with Gasteiger partial charge in [-0.3, -0.25) is 0 Å². The van der Waals surface area contributed by atoms with Crippen molar-refractivity contribution in [1.29, 1.82) is 0 Å². The van der Waals surface area contributed by atoms with Gasteiger partial charge < -0.3 is 9.94 Å². The van der Waals surface area contributed by atoms with E-state index in [1.165, 1.54) is 12.4 Å². The fourth-order valence-electron chi connectivity index (χ4n) is 1.29. The number of rotatable bonds is 3. The number of hydrogen-bond donors (Lipinski definition) is 0. The Bertz CT molecular complexity index is 474. The van der Waals surface area contributed by atoms with Crippen LogP contribution < -0.4 is 9.47 Å². The summed E-state index contributed by atoms with van der Waals surface area (Å²) >= 11 is 2.08. The fraction of sp³-hybridized carbons (Fsp3) is 0.0833.